The summed E-state index contributed by atoms with van der Waals surface area (Å²) in [5.41, 5.74) is 3.75. The van der Waals surface area contributed by atoms with Gasteiger partial charge in [-0.05, 0) is 30.3 Å². The van der Waals surface area contributed by atoms with Crippen molar-refractivity contribution in [1.29, 1.82) is 0 Å². The molecule has 0 aliphatic rings. The van der Waals surface area contributed by atoms with Gasteiger partial charge in [-0.2, -0.15) is 0 Å². The first-order valence-corrected chi connectivity index (χ1v) is 9.35. The van der Waals surface area contributed by atoms with Crippen LogP contribution in [0.25, 0.3) is 27.9 Å². The van der Waals surface area contributed by atoms with Crippen molar-refractivity contribution >= 4 is 33.5 Å². The lowest BCUT2D eigenvalue weighted by Gasteiger charge is -2.11. The van der Waals surface area contributed by atoms with Crippen LogP contribution >= 0.6 is 0 Å². The standard InChI is InChI=1S/C22H18N6O2/c1-27-16-9-4-3-7-14(16)19-17(27)13-18(28(19)22-24-11-6-12-25-22)20(29)26-15-8-5-10-23-21(15)30-2/h3-13H,1-2H3,(H,26,29). The fraction of sp³-hybridized carbons (Fsp3) is 0.0909. The van der Waals surface area contributed by atoms with Gasteiger partial charge in [0.15, 0.2) is 0 Å². The summed E-state index contributed by atoms with van der Waals surface area (Å²) in [6.07, 6.45) is 4.92. The Morgan fingerprint density at radius 1 is 0.967 bits per heavy atom. The summed E-state index contributed by atoms with van der Waals surface area (Å²) in [6.45, 7) is 0. The van der Waals surface area contributed by atoms with Crippen LogP contribution in [-0.4, -0.2) is 37.1 Å². The van der Waals surface area contributed by atoms with E-state index in [1.165, 1.54) is 7.11 Å². The Kier molecular flexibility index (Phi) is 4.17. The minimum absolute atomic E-state index is 0.311. The quantitative estimate of drug-likeness (QED) is 0.500. The molecule has 8 heteroatoms. The van der Waals surface area contributed by atoms with Crippen molar-refractivity contribution in [1.82, 2.24) is 24.1 Å². The average molecular weight is 398 g/mol. The summed E-state index contributed by atoms with van der Waals surface area (Å²) in [4.78, 5) is 26.2. The Morgan fingerprint density at radius 3 is 2.53 bits per heavy atom. The van der Waals surface area contributed by atoms with E-state index in [0.717, 1.165) is 21.9 Å². The van der Waals surface area contributed by atoms with Gasteiger partial charge in [0.1, 0.15) is 11.4 Å². The smallest absolute Gasteiger partial charge is 0.272 e. The molecule has 1 amide bonds. The third kappa shape index (κ3) is 2.69. The number of pyridine rings is 1. The Labute approximate surface area is 171 Å². The number of hydrogen-bond acceptors (Lipinski definition) is 5. The molecule has 1 aromatic carbocycles. The van der Waals surface area contributed by atoms with Crippen LogP contribution in [0.1, 0.15) is 10.5 Å². The van der Waals surface area contributed by atoms with Crippen molar-refractivity contribution in [3.8, 4) is 11.8 Å². The molecule has 0 bridgehead atoms. The molecule has 0 fully saturated rings. The zero-order valence-electron chi connectivity index (χ0n) is 16.4. The van der Waals surface area contributed by atoms with Gasteiger partial charge in [-0.1, -0.05) is 18.2 Å². The minimum Gasteiger partial charge on any atom is -0.480 e. The van der Waals surface area contributed by atoms with Crippen molar-refractivity contribution in [3.05, 3.63) is 72.8 Å². The number of carbonyl (C=O) groups excluding carboxylic acids is 1. The van der Waals surface area contributed by atoms with Crippen LogP contribution in [0, 0.1) is 0 Å². The summed E-state index contributed by atoms with van der Waals surface area (Å²) in [6, 6.07) is 15.1. The third-order valence-electron chi connectivity index (χ3n) is 5.06. The van der Waals surface area contributed by atoms with Gasteiger partial charge < -0.3 is 14.6 Å². The van der Waals surface area contributed by atoms with Crippen LogP contribution in [0.5, 0.6) is 5.88 Å². The second kappa shape index (κ2) is 7.00. The normalized spacial score (nSPS) is 11.1. The number of nitrogens with zero attached hydrogens (tertiary/aromatic N) is 5. The van der Waals surface area contributed by atoms with Gasteiger partial charge in [-0.15, -0.1) is 0 Å². The number of aromatic nitrogens is 5. The number of rotatable bonds is 4. The van der Waals surface area contributed by atoms with Crippen LogP contribution in [0.2, 0.25) is 0 Å². The fourth-order valence-electron chi connectivity index (χ4n) is 3.72. The molecule has 0 aliphatic carbocycles. The summed E-state index contributed by atoms with van der Waals surface area (Å²) in [7, 11) is 3.49. The maximum Gasteiger partial charge on any atom is 0.272 e. The number of methoxy groups -OCH3 is 1. The maximum atomic E-state index is 13.3. The van der Waals surface area contributed by atoms with Gasteiger partial charge in [0, 0.05) is 31.0 Å². The molecule has 0 saturated carbocycles. The first kappa shape index (κ1) is 17.9. The Morgan fingerprint density at radius 2 is 1.73 bits per heavy atom. The van der Waals surface area contributed by atoms with E-state index in [4.69, 9.17) is 4.74 Å². The maximum absolute atomic E-state index is 13.3. The molecule has 1 N–H and O–H groups in total. The van der Waals surface area contributed by atoms with Gasteiger partial charge in [0.05, 0.1) is 23.7 Å². The summed E-state index contributed by atoms with van der Waals surface area (Å²) < 4.78 is 9.10. The molecule has 4 heterocycles. The summed E-state index contributed by atoms with van der Waals surface area (Å²) in [5, 5.41) is 3.91. The first-order chi connectivity index (χ1) is 14.7. The molecule has 0 aliphatic heterocycles. The predicted molar refractivity (Wildman–Crippen MR) is 114 cm³/mol. The van der Waals surface area contributed by atoms with Crippen molar-refractivity contribution in [3.63, 3.8) is 0 Å². The van der Waals surface area contributed by atoms with Crippen molar-refractivity contribution in [2.45, 2.75) is 0 Å². The number of nitrogens with one attached hydrogen (secondary N) is 1. The Bertz CT molecular complexity index is 1390. The van der Waals surface area contributed by atoms with Crippen molar-refractivity contribution in [2.24, 2.45) is 7.05 Å². The summed E-state index contributed by atoms with van der Waals surface area (Å²) in [5.74, 6) is 0.455. The van der Waals surface area contributed by atoms with Gasteiger partial charge in [0.2, 0.25) is 11.8 Å². The average Bonchev–Trinajstić information content (AvgIpc) is 3.31. The van der Waals surface area contributed by atoms with Gasteiger partial charge in [0.25, 0.3) is 5.91 Å². The van der Waals surface area contributed by atoms with E-state index in [2.05, 4.69) is 24.8 Å². The Balaban J connectivity index is 1.74. The number of para-hydroxylation sites is 1. The summed E-state index contributed by atoms with van der Waals surface area (Å²) >= 11 is 0. The van der Waals surface area contributed by atoms with E-state index >= 15 is 0 Å². The molecule has 5 aromatic rings. The zero-order chi connectivity index (χ0) is 20.7. The largest absolute Gasteiger partial charge is 0.480 e. The number of aryl methyl sites for hydroxylation is 1. The van der Waals surface area contributed by atoms with Crippen LogP contribution in [0.3, 0.4) is 0 Å². The molecule has 0 saturated heterocycles. The first-order valence-electron chi connectivity index (χ1n) is 9.35. The molecule has 4 aromatic heterocycles. The lowest BCUT2D eigenvalue weighted by atomic mass is 10.2. The lowest BCUT2D eigenvalue weighted by Crippen LogP contribution is -2.18. The topological polar surface area (TPSA) is 86.9 Å². The fourth-order valence-corrected chi connectivity index (χ4v) is 3.72. The highest BCUT2D eigenvalue weighted by Crippen LogP contribution is 2.33. The van der Waals surface area contributed by atoms with Gasteiger partial charge >= 0.3 is 0 Å². The number of hydrogen-bond donors (Lipinski definition) is 1. The van der Waals surface area contributed by atoms with Crippen LogP contribution in [-0.2, 0) is 7.05 Å². The number of benzene rings is 1. The number of carbonyl (C=O) groups is 1. The molecule has 5 rings (SSSR count). The molecule has 0 unspecified atom stereocenters. The Hall–Kier alpha value is -4.20. The number of anilines is 1. The highest BCUT2D eigenvalue weighted by molar-refractivity contribution is 6.13. The number of amides is 1. The van der Waals surface area contributed by atoms with E-state index in [0.29, 0.717) is 23.2 Å². The third-order valence-corrected chi connectivity index (χ3v) is 5.06. The molecular formula is C22H18N6O2. The van der Waals surface area contributed by atoms with E-state index in [-0.39, 0.29) is 5.91 Å². The van der Waals surface area contributed by atoms with E-state index in [1.54, 1.807) is 41.4 Å². The molecule has 148 valence electrons. The number of ether oxygens (including phenoxy) is 1. The van der Waals surface area contributed by atoms with Gasteiger partial charge in [-0.3, -0.25) is 9.36 Å². The van der Waals surface area contributed by atoms with Crippen LogP contribution in [0.4, 0.5) is 5.69 Å². The molecule has 0 atom stereocenters. The minimum atomic E-state index is -0.311. The highest BCUT2D eigenvalue weighted by Gasteiger charge is 2.23. The SMILES string of the molecule is COc1ncccc1NC(=O)c1cc2c(c3ccccc3n2C)n1-c1ncccn1. The molecule has 0 radical (unpaired) electrons. The predicted octanol–water partition coefficient (Wildman–Crippen LogP) is 3.57. The van der Waals surface area contributed by atoms with E-state index < -0.39 is 0 Å². The van der Waals surface area contributed by atoms with E-state index in [1.807, 2.05) is 37.4 Å². The molecular weight excluding hydrogens is 380 g/mol. The van der Waals surface area contributed by atoms with Crippen molar-refractivity contribution < 1.29 is 9.53 Å². The van der Waals surface area contributed by atoms with Crippen LogP contribution < -0.4 is 10.1 Å². The second-order valence-corrected chi connectivity index (χ2v) is 6.74. The molecule has 30 heavy (non-hydrogen) atoms. The van der Waals surface area contributed by atoms with E-state index in [9.17, 15) is 4.79 Å². The monoisotopic (exact) mass is 398 g/mol. The lowest BCUT2D eigenvalue weighted by molar-refractivity contribution is 0.102. The van der Waals surface area contributed by atoms with Crippen molar-refractivity contribution in [2.75, 3.05) is 12.4 Å². The highest BCUT2D eigenvalue weighted by atomic mass is 16.5. The molecule has 0 spiro atoms. The zero-order valence-corrected chi connectivity index (χ0v) is 16.4. The van der Waals surface area contributed by atoms with Gasteiger partial charge in [-0.25, -0.2) is 15.0 Å². The second-order valence-electron chi connectivity index (χ2n) is 6.74. The molecule has 8 nitrogen and oxygen atoms in total. The number of fused-ring (bicyclic) bond motifs is 3. The van der Waals surface area contributed by atoms with Crippen LogP contribution in [0.15, 0.2) is 67.1 Å².